The molecule has 0 aliphatic carbocycles. The van der Waals surface area contributed by atoms with Gasteiger partial charge in [0.15, 0.2) is 0 Å². The second-order valence-corrected chi connectivity index (χ2v) is 4.60. The lowest BCUT2D eigenvalue weighted by Gasteiger charge is -2.11. The van der Waals surface area contributed by atoms with Crippen LogP contribution >= 0.6 is 0 Å². The zero-order valence-corrected chi connectivity index (χ0v) is 11.7. The Hall–Kier alpha value is -1.95. The summed E-state index contributed by atoms with van der Waals surface area (Å²) in [6, 6.07) is 6.66. The normalized spacial score (nSPS) is 12.3. The van der Waals surface area contributed by atoms with Crippen LogP contribution in [-0.2, 0) is 6.54 Å². The lowest BCUT2D eigenvalue weighted by atomic mass is 10.1. The molecule has 6 heteroatoms. The summed E-state index contributed by atoms with van der Waals surface area (Å²) in [7, 11) is 0. The third kappa shape index (κ3) is 4.03. The van der Waals surface area contributed by atoms with E-state index in [-0.39, 0.29) is 11.9 Å². The molecular weight excluding hydrogens is 259 g/mol. The number of nitrogens with one attached hydrogen (secondary N) is 2. The Balaban J connectivity index is 1.92. The van der Waals surface area contributed by atoms with Gasteiger partial charge in [0.25, 0.3) is 0 Å². The van der Waals surface area contributed by atoms with Gasteiger partial charge in [-0.15, -0.1) is 5.10 Å². The number of rotatable bonds is 7. The molecule has 2 aromatic rings. The van der Waals surface area contributed by atoms with Crippen LogP contribution in [0.1, 0.15) is 37.8 Å². The number of aromatic nitrogens is 2. The van der Waals surface area contributed by atoms with E-state index in [1.807, 2.05) is 13.0 Å². The van der Waals surface area contributed by atoms with Gasteiger partial charge in [0.2, 0.25) is 5.89 Å². The Kier molecular flexibility index (Phi) is 5.06. The number of hydrogen-bond donors (Lipinski definition) is 2. The number of benzene rings is 1. The summed E-state index contributed by atoms with van der Waals surface area (Å²) >= 11 is 0. The average molecular weight is 278 g/mol. The predicted octanol–water partition coefficient (Wildman–Crippen LogP) is 2.88. The molecule has 0 bridgehead atoms. The second kappa shape index (κ2) is 7.00. The van der Waals surface area contributed by atoms with Crippen LogP contribution < -0.4 is 10.6 Å². The van der Waals surface area contributed by atoms with Gasteiger partial charge in [-0.05, 0) is 37.6 Å². The maximum atomic E-state index is 13.2. The molecule has 1 heterocycles. The predicted molar refractivity (Wildman–Crippen MR) is 74.7 cm³/mol. The van der Waals surface area contributed by atoms with Crippen LogP contribution in [0.2, 0.25) is 0 Å². The molecule has 2 N–H and O–H groups in total. The summed E-state index contributed by atoms with van der Waals surface area (Å²) in [6.45, 7) is 5.46. The Morgan fingerprint density at radius 1 is 1.35 bits per heavy atom. The van der Waals surface area contributed by atoms with Crippen LogP contribution in [0, 0.1) is 5.82 Å². The highest BCUT2D eigenvalue weighted by Gasteiger charge is 2.11. The minimum atomic E-state index is -0.258. The summed E-state index contributed by atoms with van der Waals surface area (Å²) in [5.41, 5.74) is 0.828. The standard InChI is InChI=1S/C14H19FN4O/c1-3-7-16-9-13-18-19-14(20-13)17-10(2)11-5-4-6-12(15)8-11/h4-6,8,10,16H,3,7,9H2,1-2H3,(H,17,19). The van der Waals surface area contributed by atoms with Crippen molar-refractivity contribution in [3.8, 4) is 0 Å². The molecule has 0 spiro atoms. The number of hydrogen-bond acceptors (Lipinski definition) is 5. The van der Waals surface area contributed by atoms with Crippen LogP contribution in [0.25, 0.3) is 0 Å². The first kappa shape index (κ1) is 14.5. The largest absolute Gasteiger partial charge is 0.407 e. The van der Waals surface area contributed by atoms with Gasteiger partial charge in [-0.3, -0.25) is 0 Å². The molecule has 2 rings (SSSR count). The number of anilines is 1. The molecule has 1 aromatic heterocycles. The summed E-state index contributed by atoms with van der Waals surface area (Å²) in [6.07, 6.45) is 1.05. The molecule has 0 saturated heterocycles. The quantitative estimate of drug-likeness (QED) is 0.762. The van der Waals surface area contributed by atoms with Crippen molar-refractivity contribution in [1.29, 1.82) is 0 Å². The number of halogens is 1. The van der Waals surface area contributed by atoms with E-state index in [0.717, 1.165) is 18.5 Å². The minimum absolute atomic E-state index is 0.109. The van der Waals surface area contributed by atoms with Crippen LogP contribution in [0.4, 0.5) is 10.4 Å². The molecule has 20 heavy (non-hydrogen) atoms. The molecule has 1 aromatic carbocycles. The molecule has 0 saturated carbocycles. The van der Waals surface area contributed by atoms with Crippen LogP contribution in [-0.4, -0.2) is 16.7 Å². The third-order valence-corrected chi connectivity index (χ3v) is 2.86. The van der Waals surface area contributed by atoms with Crippen molar-refractivity contribution >= 4 is 6.01 Å². The first-order valence-corrected chi connectivity index (χ1v) is 6.74. The molecule has 108 valence electrons. The van der Waals surface area contributed by atoms with Gasteiger partial charge in [-0.1, -0.05) is 24.2 Å². The Bertz CT molecular complexity index is 543. The van der Waals surface area contributed by atoms with Crippen LogP contribution in [0.5, 0.6) is 0 Å². The van der Waals surface area contributed by atoms with Crippen molar-refractivity contribution in [3.63, 3.8) is 0 Å². The monoisotopic (exact) mass is 278 g/mol. The third-order valence-electron chi connectivity index (χ3n) is 2.86. The van der Waals surface area contributed by atoms with Crippen molar-refractivity contribution in [2.45, 2.75) is 32.9 Å². The second-order valence-electron chi connectivity index (χ2n) is 4.60. The molecule has 1 atom stereocenters. The van der Waals surface area contributed by atoms with E-state index in [1.165, 1.54) is 12.1 Å². The van der Waals surface area contributed by atoms with Gasteiger partial charge in [-0.25, -0.2) is 4.39 Å². The summed E-state index contributed by atoms with van der Waals surface area (Å²) < 4.78 is 18.6. The van der Waals surface area contributed by atoms with Gasteiger partial charge < -0.3 is 15.1 Å². The van der Waals surface area contributed by atoms with Crippen LogP contribution in [0.15, 0.2) is 28.7 Å². The molecule has 0 amide bonds. The van der Waals surface area contributed by atoms with Crippen molar-refractivity contribution < 1.29 is 8.81 Å². The van der Waals surface area contributed by atoms with Crippen molar-refractivity contribution in [2.24, 2.45) is 0 Å². The minimum Gasteiger partial charge on any atom is -0.407 e. The fourth-order valence-electron chi connectivity index (χ4n) is 1.80. The zero-order valence-electron chi connectivity index (χ0n) is 11.7. The Morgan fingerprint density at radius 2 is 2.20 bits per heavy atom. The van der Waals surface area contributed by atoms with Crippen molar-refractivity contribution in [3.05, 3.63) is 41.5 Å². The first-order chi connectivity index (χ1) is 9.69. The van der Waals surface area contributed by atoms with E-state index in [9.17, 15) is 4.39 Å². The molecule has 1 unspecified atom stereocenters. The summed E-state index contributed by atoms with van der Waals surface area (Å²) in [5, 5.41) is 14.1. The van der Waals surface area contributed by atoms with Gasteiger partial charge in [-0.2, -0.15) is 0 Å². The van der Waals surface area contributed by atoms with E-state index in [1.54, 1.807) is 6.07 Å². The smallest absolute Gasteiger partial charge is 0.315 e. The topological polar surface area (TPSA) is 63.0 Å². The average Bonchev–Trinajstić information content (AvgIpc) is 2.86. The van der Waals surface area contributed by atoms with Gasteiger partial charge >= 0.3 is 6.01 Å². The van der Waals surface area contributed by atoms with Gasteiger partial charge in [0.1, 0.15) is 5.82 Å². The fraction of sp³-hybridized carbons (Fsp3) is 0.429. The van der Waals surface area contributed by atoms with Gasteiger partial charge in [0, 0.05) is 0 Å². The molecule has 0 aliphatic heterocycles. The number of nitrogens with zero attached hydrogens (tertiary/aromatic N) is 2. The highest BCUT2D eigenvalue weighted by atomic mass is 19.1. The van der Waals surface area contributed by atoms with Crippen molar-refractivity contribution in [2.75, 3.05) is 11.9 Å². The Morgan fingerprint density at radius 3 is 2.95 bits per heavy atom. The van der Waals surface area contributed by atoms with Crippen LogP contribution in [0.3, 0.4) is 0 Å². The highest BCUT2D eigenvalue weighted by molar-refractivity contribution is 5.28. The van der Waals surface area contributed by atoms with E-state index < -0.39 is 0 Å². The lowest BCUT2D eigenvalue weighted by molar-refractivity contribution is 0.474. The molecule has 5 nitrogen and oxygen atoms in total. The zero-order chi connectivity index (χ0) is 14.4. The van der Waals surface area contributed by atoms with E-state index >= 15 is 0 Å². The summed E-state index contributed by atoms with van der Waals surface area (Å²) in [5.74, 6) is 0.276. The first-order valence-electron chi connectivity index (χ1n) is 6.74. The fourth-order valence-corrected chi connectivity index (χ4v) is 1.80. The molecule has 0 radical (unpaired) electrons. The van der Waals surface area contributed by atoms with E-state index in [0.29, 0.717) is 18.5 Å². The molecule has 0 fully saturated rings. The SMILES string of the molecule is CCCNCc1nnc(NC(C)c2cccc(F)c2)o1. The Labute approximate surface area is 117 Å². The lowest BCUT2D eigenvalue weighted by Crippen LogP contribution is -2.13. The van der Waals surface area contributed by atoms with E-state index in [4.69, 9.17) is 4.42 Å². The highest BCUT2D eigenvalue weighted by Crippen LogP contribution is 2.18. The van der Waals surface area contributed by atoms with E-state index in [2.05, 4.69) is 27.8 Å². The maximum absolute atomic E-state index is 13.2. The van der Waals surface area contributed by atoms with Gasteiger partial charge in [0.05, 0.1) is 12.6 Å². The van der Waals surface area contributed by atoms with Crippen molar-refractivity contribution in [1.82, 2.24) is 15.5 Å². The maximum Gasteiger partial charge on any atom is 0.315 e. The molecule has 0 aliphatic rings. The molecular formula is C14H19FN4O. The summed E-state index contributed by atoms with van der Waals surface area (Å²) in [4.78, 5) is 0.